The van der Waals surface area contributed by atoms with Crippen LogP contribution < -0.4 is 5.32 Å². The Morgan fingerprint density at radius 1 is 1.07 bits per heavy atom. The Labute approximate surface area is 87.4 Å². The summed E-state index contributed by atoms with van der Waals surface area (Å²) in [6.45, 7) is 2.35. The van der Waals surface area contributed by atoms with Gasteiger partial charge in [0.05, 0.1) is 6.10 Å². The van der Waals surface area contributed by atoms with Gasteiger partial charge in [-0.15, -0.1) is 0 Å². The number of methoxy groups -OCH3 is 1. The van der Waals surface area contributed by atoms with Crippen molar-refractivity contribution in [1.82, 2.24) is 5.32 Å². The molecule has 14 heavy (non-hydrogen) atoms. The fourth-order valence-electron chi connectivity index (χ4n) is 2.57. The van der Waals surface area contributed by atoms with Crippen molar-refractivity contribution in [2.45, 2.75) is 63.6 Å². The van der Waals surface area contributed by atoms with Crippen molar-refractivity contribution in [3.8, 4) is 0 Å². The first-order valence-corrected chi connectivity index (χ1v) is 6.08. The fraction of sp³-hybridized carbons (Fsp3) is 1.00. The van der Waals surface area contributed by atoms with Gasteiger partial charge in [0.15, 0.2) is 0 Å². The van der Waals surface area contributed by atoms with Gasteiger partial charge in [-0.3, -0.25) is 0 Å². The first-order valence-electron chi connectivity index (χ1n) is 6.08. The number of rotatable bonds is 4. The van der Waals surface area contributed by atoms with Crippen molar-refractivity contribution in [1.29, 1.82) is 0 Å². The molecule has 2 aliphatic carbocycles. The Hall–Kier alpha value is -0.0800. The van der Waals surface area contributed by atoms with Crippen LogP contribution in [0.3, 0.4) is 0 Å². The molecule has 2 rings (SSSR count). The van der Waals surface area contributed by atoms with Gasteiger partial charge in [0.2, 0.25) is 0 Å². The summed E-state index contributed by atoms with van der Waals surface area (Å²) in [7, 11) is 1.84. The van der Waals surface area contributed by atoms with Gasteiger partial charge in [-0.25, -0.2) is 0 Å². The van der Waals surface area contributed by atoms with Crippen LogP contribution in [0.15, 0.2) is 0 Å². The van der Waals surface area contributed by atoms with E-state index in [0.29, 0.717) is 6.10 Å². The van der Waals surface area contributed by atoms with E-state index >= 15 is 0 Å². The van der Waals surface area contributed by atoms with Crippen molar-refractivity contribution in [2.75, 3.05) is 7.11 Å². The molecular formula is C12H23NO. The zero-order valence-electron chi connectivity index (χ0n) is 9.46. The third-order valence-corrected chi connectivity index (χ3v) is 3.84. The molecule has 82 valence electrons. The van der Waals surface area contributed by atoms with Crippen LogP contribution in [-0.2, 0) is 4.74 Å². The molecule has 0 aromatic heterocycles. The minimum atomic E-state index is 0.532. The number of ether oxygens (including phenoxy) is 1. The Kier molecular flexibility index (Phi) is 3.45. The van der Waals surface area contributed by atoms with Gasteiger partial charge in [0, 0.05) is 19.2 Å². The van der Waals surface area contributed by atoms with E-state index in [1.54, 1.807) is 0 Å². The predicted octanol–water partition coefficient (Wildman–Crippen LogP) is 2.33. The first-order chi connectivity index (χ1) is 6.79. The summed E-state index contributed by atoms with van der Waals surface area (Å²) in [5, 5.41) is 3.77. The zero-order chi connectivity index (χ0) is 9.97. The monoisotopic (exact) mass is 197 g/mol. The lowest BCUT2D eigenvalue weighted by atomic mass is 9.92. The molecule has 0 radical (unpaired) electrons. The van der Waals surface area contributed by atoms with E-state index in [0.717, 1.165) is 18.0 Å². The molecule has 0 amide bonds. The lowest BCUT2D eigenvalue weighted by Gasteiger charge is -2.30. The molecule has 2 nitrogen and oxygen atoms in total. The molecule has 2 aliphatic rings. The Morgan fingerprint density at radius 2 is 1.71 bits per heavy atom. The third-order valence-electron chi connectivity index (χ3n) is 3.84. The van der Waals surface area contributed by atoms with Crippen molar-refractivity contribution in [2.24, 2.45) is 5.92 Å². The van der Waals surface area contributed by atoms with Crippen LogP contribution in [0.1, 0.15) is 45.4 Å². The van der Waals surface area contributed by atoms with Gasteiger partial charge >= 0.3 is 0 Å². The average molecular weight is 197 g/mol. The van der Waals surface area contributed by atoms with Gasteiger partial charge in [0.1, 0.15) is 0 Å². The van der Waals surface area contributed by atoms with Crippen molar-refractivity contribution >= 4 is 0 Å². The van der Waals surface area contributed by atoms with Crippen LogP contribution in [0.4, 0.5) is 0 Å². The van der Waals surface area contributed by atoms with E-state index in [1.807, 2.05) is 7.11 Å². The molecule has 0 saturated heterocycles. The average Bonchev–Trinajstić information content (AvgIpc) is 3.02. The first kappa shape index (κ1) is 10.4. The molecule has 1 N–H and O–H groups in total. The van der Waals surface area contributed by atoms with Gasteiger partial charge < -0.3 is 10.1 Å². The number of hydrogen-bond acceptors (Lipinski definition) is 2. The second kappa shape index (κ2) is 4.63. The molecule has 0 aliphatic heterocycles. The molecule has 2 heteroatoms. The van der Waals surface area contributed by atoms with E-state index in [1.165, 1.54) is 38.5 Å². The summed E-state index contributed by atoms with van der Waals surface area (Å²) in [5.74, 6) is 0.982. The highest BCUT2D eigenvalue weighted by Gasteiger charge is 2.30. The topological polar surface area (TPSA) is 21.3 Å². The molecule has 0 aromatic carbocycles. The maximum absolute atomic E-state index is 5.38. The number of hydrogen-bond donors (Lipinski definition) is 1. The minimum absolute atomic E-state index is 0.532. The molecule has 2 fully saturated rings. The smallest absolute Gasteiger partial charge is 0.0572 e. The van der Waals surface area contributed by atoms with Crippen LogP contribution in [0, 0.1) is 5.92 Å². The Morgan fingerprint density at radius 3 is 2.21 bits per heavy atom. The van der Waals surface area contributed by atoms with E-state index < -0.39 is 0 Å². The van der Waals surface area contributed by atoms with Crippen LogP contribution >= 0.6 is 0 Å². The largest absolute Gasteiger partial charge is 0.381 e. The molecule has 1 atom stereocenters. The lowest BCUT2D eigenvalue weighted by Crippen LogP contribution is -2.41. The molecule has 0 heterocycles. The molecule has 0 aromatic rings. The molecule has 0 spiro atoms. The fourth-order valence-corrected chi connectivity index (χ4v) is 2.57. The van der Waals surface area contributed by atoms with Gasteiger partial charge in [-0.2, -0.15) is 0 Å². The van der Waals surface area contributed by atoms with Crippen LogP contribution in [0.5, 0.6) is 0 Å². The van der Waals surface area contributed by atoms with E-state index in [-0.39, 0.29) is 0 Å². The summed E-state index contributed by atoms with van der Waals surface area (Å²) in [5.41, 5.74) is 0. The zero-order valence-corrected chi connectivity index (χ0v) is 9.46. The maximum Gasteiger partial charge on any atom is 0.0572 e. The van der Waals surface area contributed by atoms with Crippen LogP contribution in [0.2, 0.25) is 0 Å². The van der Waals surface area contributed by atoms with Gasteiger partial charge in [-0.1, -0.05) is 0 Å². The highest BCUT2D eigenvalue weighted by atomic mass is 16.5. The lowest BCUT2D eigenvalue weighted by molar-refractivity contribution is 0.0610. The molecule has 1 unspecified atom stereocenters. The Bertz CT molecular complexity index is 171. The van der Waals surface area contributed by atoms with Crippen LogP contribution in [-0.4, -0.2) is 25.3 Å². The quantitative estimate of drug-likeness (QED) is 0.747. The van der Waals surface area contributed by atoms with Gasteiger partial charge in [-0.05, 0) is 51.4 Å². The summed E-state index contributed by atoms with van der Waals surface area (Å²) in [6, 6.07) is 1.51. The second-order valence-electron chi connectivity index (χ2n) is 5.00. The second-order valence-corrected chi connectivity index (χ2v) is 5.00. The van der Waals surface area contributed by atoms with Crippen molar-refractivity contribution in [3.05, 3.63) is 0 Å². The van der Waals surface area contributed by atoms with E-state index in [9.17, 15) is 0 Å². The van der Waals surface area contributed by atoms with E-state index in [4.69, 9.17) is 4.74 Å². The summed E-state index contributed by atoms with van der Waals surface area (Å²) in [6.07, 6.45) is 8.51. The molecule has 0 bridgehead atoms. The molecular weight excluding hydrogens is 174 g/mol. The summed E-state index contributed by atoms with van der Waals surface area (Å²) < 4.78 is 5.38. The third kappa shape index (κ3) is 2.71. The van der Waals surface area contributed by atoms with E-state index in [2.05, 4.69) is 12.2 Å². The standard InChI is InChI=1S/C12H23NO/c1-9(10-3-4-10)13-11-5-7-12(14-2)8-6-11/h9-13H,3-8H2,1-2H3. The van der Waals surface area contributed by atoms with Crippen molar-refractivity contribution < 1.29 is 4.74 Å². The van der Waals surface area contributed by atoms with Gasteiger partial charge in [0.25, 0.3) is 0 Å². The highest BCUT2D eigenvalue weighted by Crippen LogP contribution is 2.33. The maximum atomic E-state index is 5.38. The van der Waals surface area contributed by atoms with Crippen molar-refractivity contribution in [3.63, 3.8) is 0 Å². The summed E-state index contributed by atoms with van der Waals surface area (Å²) >= 11 is 0. The van der Waals surface area contributed by atoms with Crippen LogP contribution in [0.25, 0.3) is 0 Å². The SMILES string of the molecule is COC1CCC(NC(C)C2CC2)CC1. The molecule has 2 saturated carbocycles. The summed E-state index contributed by atoms with van der Waals surface area (Å²) in [4.78, 5) is 0. The normalized spacial score (nSPS) is 35.6. The Balaban J connectivity index is 1.67. The number of nitrogens with one attached hydrogen (secondary N) is 1. The predicted molar refractivity (Wildman–Crippen MR) is 58.4 cm³/mol. The minimum Gasteiger partial charge on any atom is -0.381 e. The highest BCUT2D eigenvalue weighted by molar-refractivity contribution is 4.87.